The minimum atomic E-state index is -0.217. The van der Waals surface area contributed by atoms with Crippen LogP contribution in [0.3, 0.4) is 0 Å². The minimum absolute atomic E-state index is 0.217. The van der Waals surface area contributed by atoms with Crippen LogP contribution >= 0.6 is 15.9 Å². The van der Waals surface area contributed by atoms with Crippen molar-refractivity contribution in [2.24, 2.45) is 0 Å². The fourth-order valence-corrected chi connectivity index (χ4v) is 1.81. The van der Waals surface area contributed by atoms with Crippen molar-refractivity contribution in [3.8, 4) is 0 Å². The van der Waals surface area contributed by atoms with Gasteiger partial charge in [-0.25, -0.2) is 9.97 Å². The van der Waals surface area contributed by atoms with Crippen molar-refractivity contribution in [2.75, 3.05) is 7.11 Å². The molecule has 4 nitrogen and oxygen atoms in total. The number of rotatable bonds is 3. The van der Waals surface area contributed by atoms with E-state index in [4.69, 9.17) is 4.74 Å². The van der Waals surface area contributed by atoms with Gasteiger partial charge in [0.2, 0.25) is 0 Å². The molecular weight excluding hydrogens is 270 g/mol. The van der Waals surface area contributed by atoms with E-state index in [2.05, 4.69) is 30.9 Å². The predicted octanol–water partition coefficient (Wildman–Crippen LogP) is 2.69. The number of aromatic nitrogens is 3. The van der Waals surface area contributed by atoms with Crippen LogP contribution in [0.1, 0.15) is 19.7 Å². The van der Waals surface area contributed by atoms with Crippen molar-refractivity contribution in [1.29, 1.82) is 0 Å². The van der Waals surface area contributed by atoms with Crippen LogP contribution in [0.4, 0.5) is 0 Å². The first-order valence-corrected chi connectivity index (χ1v) is 5.85. The number of methoxy groups -OCH3 is 1. The van der Waals surface area contributed by atoms with Gasteiger partial charge in [0.05, 0.1) is 11.1 Å². The molecule has 0 aliphatic heterocycles. The van der Waals surface area contributed by atoms with Crippen molar-refractivity contribution < 1.29 is 4.74 Å². The van der Waals surface area contributed by atoms with E-state index in [1.807, 2.05) is 19.9 Å². The smallest absolute Gasteiger partial charge is 0.177 e. The van der Waals surface area contributed by atoms with E-state index in [9.17, 15) is 0 Å². The van der Waals surface area contributed by atoms with Gasteiger partial charge >= 0.3 is 0 Å². The summed E-state index contributed by atoms with van der Waals surface area (Å²) in [6.45, 7) is 4.06. The lowest BCUT2D eigenvalue weighted by Crippen LogP contribution is -2.26. The van der Waals surface area contributed by atoms with E-state index in [-0.39, 0.29) is 5.60 Å². The number of H-pyrrole nitrogens is 1. The third-order valence-corrected chi connectivity index (χ3v) is 2.93. The topological polar surface area (TPSA) is 50.8 Å². The Kier molecular flexibility index (Phi) is 2.99. The van der Waals surface area contributed by atoms with Crippen LogP contribution in [0.15, 0.2) is 16.7 Å². The van der Waals surface area contributed by atoms with Gasteiger partial charge in [-0.05, 0) is 35.8 Å². The zero-order valence-corrected chi connectivity index (χ0v) is 11.1. The van der Waals surface area contributed by atoms with Crippen LogP contribution in [-0.4, -0.2) is 27.7 Å². The molecule has 0 aliphatic rings. The number of hydrogen-bond donors (Lipinski definition) is 1. The third-order valence-electron chi connectivity index (χ3n) is 2.50. The first kappa shape index (κ1) is 11.5. The van der Waals surface area contributed by atoms with Gasteiger partial charge in [-0.1, -0.05) is 0 Å². The highest BCUT2D eigenvalue weighted by Gasteiger charge is 2.19. The molecule has 5 heteroatoms. The zero-order valence-electron chi connectivity index (χ0n) is 9.54. The molecular formula is C11H14BrN3O. The summed E-state index contributed by atoms with van der Waals surface area (Å²) in [5.74, 6) is 0.896. The van der Waals surface area contributed by atoms with Crippen LogP contribution in [0.25, 0.3) is 11.2 Å². The van der Waals surface area contributed by atoms with Crippen LogP contribution in [0, 0.1) is 0 Å². The summed E-state index contributed by atoms with van der Waals surface area (Å²) in [7, 11) is 1.71. The second-order valence-corrected chi connectivity index (χ2v) is 5.26. The monoisotopic (exact) mass is 283 g/mol. The molecule has 0 fully saturated rings. The Morgan fingerprint density at radius 3 is 2.94 bits per heavy atom. The molecule has 0 spiro atoms. The molecule has 2 aromatic rings. The Hall–Kier alpha value is -0.940. The average molecular weight is 284 g/mol. The molecule has 0 bridgehead atoms. The third kappa shape index (κ3) is 2.41. The van der Waals surface area contributed by atoms with Crippen molar-refractivity contribution >= 4 is 27.1 Å². The van der Waals surface area contributed by atoms with E-state index in [1.165, 1.54) is 0 Å². The molecule has 0 aromatic carbocycles. The maximum absolute atomic E-state index is 5.37. The number of halogens is 1. The number of nitrogens with zero attached hydrogens (tertiary/aromatic N) is 2. The first-order valence-electron chi connectivity index (χ1n) is 5.05. The molecule has 2 aromatic heterocycles. The summed E-state index contributed by atoms with van der Waals surface area (Å²) in [6, 6.07) is 1.97. The Labute approximate surface area is 103 Å². The quantitative estimate of drug-likeness (QED) is 0.942. The van der Waals surface area contributed by atoms with Gasteiger partial charge in [0.1, 0.15) is 5.82 Å². The number of hydrogen-bond acceptors (Lipinski definition) is 3. The Morgan fingerprint density at radius 1 is 1.50 bits per heavy atom. The highest BCUT2D eigenvalue weighted by Crippen LogP contribution is 2.18. The second-order valence-electron chi connectivity index (χ2n) is 4.35. The highest BCUT2D eigenvalue weighted by molar-refractivity contribution is 9.10. The molecule has 0 unspecified atom stereocenters. The number of aromatic amines is 1. The summed E-state index contributed by atoms with van der Waals surface area (Å²) in [6.07, 6.45) is 2.48. The number of fused-ring (bicyclic) bond motifs is 1. The summed E-state index contributed by atoms with van der Waals surface area (Å²) in [4.78, 5) is 11.9. The molecule has 0 atom stereocenters. The minimum Gasteiger partial charge on any atom is -0.378 e. The van der Waals surface area contributed by atoms with Gasteiger partial charge in [-0.15, -0.1) is 0 Å². The summed E-state index contributed by atoms with van der Waals surface area (Å²) < 4.78 is 6.32. The molecule has 2 heterocycles. The predicted molar refractivity (Wildman–Crippen MR) is 66.4 cm³/mol. The standard InChI is InChI=1S/C11H14BrN3O/c1-11(2,16-3)5-9-14-8-4-7(12)6-13-10(8)15-9/h4,6H,5H2,1-3H3,(H,13,14,15). The molecule has 16 heavy (non-hydrogen) atoms. The normalized spacial score (nSPS) is 12.2. The zero-order chi connectivity index (χ0) is 11.8. The van der Waals surface area contributed by atoms with Gasteiger partial charge in [0, 0.05) is 24.2 Å². The van der Waals surface area contributed by atoms with Crippen molar-refractivity contribution in [2.45, 2.75) is 25.9 Å². The molecule has 2 rings (SSSR count). The van der Waals surface area contributed by atoms with Gasteiger partial charge < -0.3 is 9.72 Å². The van der Waals surface area contributed by atoms with E-state index in [1.54, 1.807) is 13.3 Å². The fourth-order valence-electron chi connectivity index (χ4n) is 1.48. The largest absolute Gasteiger partial charge is 0.378 e. The van der Waals surface area contributed by atoms with E-state index in [0.29, 0.717) is 0 Å². The van der Waals surface area contributed by atoms with Gasteiger partial charge in [-0.2, -0.15) is 0 Å². The van der Waals surface area contributed by atoms with Crippen LogP contribution in [-0.2, 0) is 11.2 Å². The molecule has 0 radical (unpaired) electrons. The number of ether oxygens (including phenoxy) is 1. The summed E-state index contributed by atoms with van der Waals surface area (Å²) in [5, 5.41) is 0. The average Bonchev–Trinajstić information content (AvgIpc) is 2.58. The fraction of sp³-hybridized carbons (Fsp3) is 0.455. The van der Waals surface area contributed by atoms with Gasteiger partial charge in [0.25, 0.3) is 0 Å². The Bertz CT molecular complexity index is 507. The second kappa shape index (κ2) is 4.14. The van der Waals surface area contributed by atoms with Crippen molar-refractivity contribution in [1.82, 2.24) is 15.0 Å². The lowest BCUT2D eigenvalue weighted by atomic mass is 10.1. The lowest BCUT2D eigenvalue weighted by molar-refractivity contribution is 0.0218. The molecule has 0 saturated heterocycles. The molecule has 0 aliphatic carbocycles. The number of imidazole rings is 1. The van der Waals surface area contributed by atoms with Crippen LogP contribution in [0.5, 0.6) is 0 Å². The molecule has 1 N–H and O–H groups in total. The van der Waals surface area contributed by atoms with Crippen molar-refractivity contribution in [3.63, 3.8) is 0 Å². The first-order chi connectivity index (χ1) is 7.50. The van der Waals surface area contributed by atoms with Crippen LogP contribution < -0.4 is 0 Å². The van der Waals surface area contributed by atoms with Gasteiger partial charge in [0.15, 0.2) is 5.65 Å². The maximum atomic E-state index is 5.37. The Morgan fingerprint density at radius 2 is 2.25 bits per heavy atom. The summed E-state index contributed by atoms with van der Waals surface area (Å²) >= 11 is 3.38. The highest BCUT2D eigenvalue weighted by atomic mass is 79.9. The SMILES string of the molecule is COC(C)(C)Cc1nc2ncc(Br)cc2[nH]1. The van der Waals surface area contributed by atoms with Crippen molar-refractivity contribution in [3.05, 3.63) is 22.6 Å². The van der Waals surface area contributed by atoms with E-state index >= 15 is 0 Å². The summed E-state index contributed by atoms with van der Waals surface area (Å²) in [5.41, 5.74) is 1.46. The van der Waals surface area contributed by atoms with Crippen LogP contribution in [0.2, 0.25) is 0 Å². The maximum Gasteiger partial charge on any atom is 0.177 e. The number of pyridine rings is 1. The molecule has 0 amide bonds. The van der Waals surface area contributed by atoms with E-state index < -0.39 is 0 Å². The number of nitrogens with one attached hydrogen (secondary N) is 1. The lowest BCUT2D eigenvalue weighted by Gasteiger charge is -2.20. The Balaban J connectivity index is 2.33. The molecule has 0 saturated carbocycles. The molecule has 86 valence electrons. The van der Waals surface area contributed by atoms with Gasteiger partial charge in [-0.3, -0.25) is 0 Å². The van der Waals surface area contributed by atoms with E-state index in [0.717, 1.165) is 27.9 Å².